The fourth-order valence-corrected chi connectivity index (χ4v) is 4.94. The minimum Gasteiger partial charge on any atom is -0.494 e. The van der Waals surface area contributed by atoms with Gasteiger partial charge in [-0.3, -0.25) is 4.79 Å². The lowest BCUT2D eigenvalue weighted by molar-refractivity contribution is 0.102. The molecule has 2 aromatic carbocycles. The minimum atomic E-state index is -3.78. The van der Waals surface area contributed by atoms with Crippen molar-refractivity contribution in [1.29, 1.82) is 0 Å². The van der Waals surface area contributed by atoms with Crippen LogP contribution in [0.1, 0.15) is 21.7 Å². The number of rotatable bonds is 8. The average molecular weight is 499 g/mol. The summed E-state index contributed by atoms with van der Waals surface area (Å²) in [6.07, 6.45) is 0. The Morgan fingerprint density at radius 3 is 2.50 bits per heavy atom. The maximum Gasteiger partial charge on any atom is 0.238 e. The van der Waals surface area contributed by atoms with E-state index in [0.29, 0.717) is 22.2 Å². The number of hydrogen-bond donors (Lipinski definition) is 1. The van der Waals surface area contributed by atoms with Gasteiger partial charge in [0.1, 0.15) is 11.4 Å². The number of thioether (sulfide) groups is 1. The highest BCUT2D eigenvalue weighted by atomic mass is 32.2. The lowest BCUT2D eigenvalue weighted by atomic mass is 10.2. The number of benzene rings is 2. The monoisotopic (exact) mass is 498 g/mol. The zero-order chi connectivity index (χ0) is 24.5. The van der Waals surface area contributed by atoms with Crippen LogP contribution < -0.4 is 9.88 Å². The van der Waals surface area contributed by atoms with E-state index in [1.807, 2.05) is 42.7 Å². The van der Waals surface area contributed by atoms with Gasteiger partial charge in [0.2, 0.25) is 15.2 Å². The van der Waals surface area contributed by atoms with Crippen LogP contribution in [0, 0.1) is 13.8 Å². The zero-order valence-electron chi connectivity index (χ0n) is 18.7. The number of methoxy groups -OCH3 is 1. The van der Waals surface area contributed by atoms with Crippen molar-refractivity contribution in [2.45, 2.75) is 23.9 Å². The maximum atomic E-state index is 13.1. The molecule has 4 aromatic rings. The summed E-state index contributed by atoms with van der Waals surface area (Å²) in [7, 11) is -2.21. The van der Waals surface area contributed by atoms with E-state index in [4.69, 9.17) is 9.88 Å². The molecule has 0 saturated heterocycles. The van der Waals surface area contributed by atoms with Crippen LogP contribution in [-0.4, -0.2) is 51.8 Å². The number of sulfonamides is 1. The second-order valence-corrected chi connectivity index (χ2v) is 9.92. The predicted octanol–water partition coefficient (Wildman–Crippen LogP) is 2.70. The van der Waals surface area contributed by atoms with Gasteiger partial charge >= 0.3 is 0 Å². The SMILES string of the molecule is COc1ccccc1-n1nnnc1SCC(=O)c1cc(C)n(-c2ccc(S(N)(=O)=O)cc2)c1C. The molecule has 2 heterocycles. The van der Waals surface area contributed by atoms with E-state index in [-0.39, 0.29) is 16.4 Å². The Labute approximate surface area is 200 Å². The van der Waals surface area contributed by atoms with Crippen LogP contribution in [0.5, 0.6) is 5.75 Å². The second-order valence-electron chi connectivity index (χ2n) is 7.42. The molecule has 0 radical (unpaired) electrons. The third kappa shape index (κ3) is 4.60. The lowest BCUT2D eigenvalue weighted by Crippen LogP contribution is -2.12. The van der Waals surface area contributed by atoms with Crippen molar-refractivity contribution in [3.63, 3.8) is 0 Å². The summed E-state index contributed by atoms with van der Waals surface area (Å²) in [4.78, 5) is 13.1. The summed E-state index contributed by atoms with van der Waals surface area (Å²) < 4.78 is 31.9. The summed E-state index contributed by atoms with van der Waals surface area (Å²) in [5, 5.41) is 17.5. The predicted molar refractivity (Wildman–Crippen MR) is 127 cm³/mol. The third-order valence-corrected chi connectivity index (χ3v) is 7.09. The molecule has 0 unspecified atom stereocenters. The number of aryl methyl sites for hydroxylation is 1. The molecule has 0 aliphatic heterocycles. The molecule has 176 valence electrons. The number of Topliss-reactive ketones (excluding diaryl/α,β-unsaturated/α-hetero) is 1. The van der Waals surface area contributed by atoms with Crippen molar-refractivity contribution in [1.82, 2.24) is 24.8 Å². The Morgan fingerprint density at radius 1 is 1.12 bits per heavy atom. The molecule has 2 aromatic heterocycles. The van der Waals surface area contributed by atoms with E-state index < -0.39 is 10.0 Å². The molecule has 10 nitrogen and oxygen atoms in total. The van der Waals surface area contributed by atoms with Crippen LogP contribution in [0.4, 0.5) is 0 Å². The zero-order valence-corrected chi connectivity index (χ0v) is 20.3. The smallest absolute Gasteiger partial charge is 0.238 e. The molecule has 0 saturated carbocycles. The standard InChI is InChI=1S/C22H22N6O4S2/c1-14-12-18(15(2)27(14)16-8-10-17(11-9-16)34(23,30)31)20(29)13-33-22-24-25-26-28(22)19-6-4-5-7-21(19)32-3/h4-12H,13H2,1-3H3,(H2,23,30,31). The number of ketones is 1. The molecule has 0 atom stereocenters. The summed E-state index contributed by atoms with van der Waals surface area (Å²) in [5.74, 6) is 0.657. The quantitative estimate of drug-likeness (QED) is 0.289. The Bertz CT molecular complexity index is 1460. The number of carbonyl (C=O) groups is 1. The van der Waals surface area contributed by atoms with Gasteiger partial charge in [-0.15, -0.1) is 5.10 Å². The first-order valence-corrected chi connectivity index (χ1v) is 12.6. The largest absolute Gasteiger partial charge is 0.494 e. The van der Waals surface area contributed by atoms with Crippen LogP contribution in [0.15, 0.2) is 64.6 Å². The van der Waals surface area contributed by atoms with Gasteiger partial charge in [-0.2, -0.15) is 4.68 Å². The fourth-order valence-electron chi connectivity index (χ4n) is 3.66. The van der Waals surface area contributed by atoms with Gasteiger partial charge in [0, 0.05) is 22.6 Å². The lowest BCUT2D eigenvalue weighted by Gasteiger charge is -2.11. The van der Waals surface area contributed by atoms with E-state index in [9.17, 15) is 13.2 Å². The summed E-state index contributed by atoms with van der Waals surface area (Å²) in [6.45, 7) is 3.73. The van der Waals surface area contributed by atoms with E-state index in [2.05, 4.69) is 15.5 Å². The summed E-state index contributed by atoms with van der Waals surface area (Å²) in [5.41, 5.74) is 3.56. The van der Waals surface area contributed by atoms with E-state index in [1.165, 1.54) is 28.6 Å². The summed E-state index contributed by atoms with van der Waals surface area (Å²) in [6, 6.07) is 15.3. The van der Waals surface area contributed by atoms with Gasteiger partial charge in [0.15, 0.2) is 5.78 Å². The number of hydrogen-bond acceptors (Lipinski definition) is 8. The van der Waals surface area contributed by atoms with E-state index in [1.54, 1.807) is 25.3 Å². The molecule has 12 heteroatoms. The molecular weight excluding hydrogens is 476 g/mol. The normalized spacial score (nSPS) is 11.5. The Hall–Kier alpha value is -3.48. The van der Waals surface area contributed by atoms with Crippen LogP contribution >= 0.6 is 11.8 Å². The Kier molecular flexibility index (Phi) is 6.55. The molecule has 4 rings (SSSR count). The maximum absolute atomic E-state index is 13.1. The minimum absolute atomic E-state index is 0.0270. The first kappa shape index (κ1) is 23.7. The van der Waals surface area contributed by atoms with Crippen molar-refractivity contribution in [3.05, 3.63) is 71.5 Å². The van der Waals surface area contributed by atoms with Crippen molar-refractivity contribution in [2.75, 3.05) is 12.9 Å². The number of aromatic nitrogens is 5. The molecule has 0 aliphatic carbocycles. The van der Waals surface area contributed by atoms with Gasteiger partial charge < -0.3 is 9.30 Å². The number of nitrogens with zero attached hydrogens (tertiary/aromatic N) is 5. The number of ether oxygens (including phenoxy) is 1. The molecular formula is C22H22N6O4S2. The number of para-hydroxylation sites is 2. The first-order valence-electron chi connectivity index (χ1n) is 10.1. The molecule has 0 amide bonds. The Morgan fingerprint density at radius 2 is 1.82 bits per heavy atom. The van der Waals surface area contributed by atoms with Gasteiger partial charge in [0.25, 0.3) is 0 Å². The van der Waals surface area contributed by atoms with E-state index >= 15 is 0 Å². The molecule has 0 spiro atoms. The highest BCUT2D eigenvalue weighted by Gasteiger charge is 2.20. The molecule has 0 bridgehead atoms. The Balaban J connectivity index is 1.56. The van der Waals surface area contributed by atoms with Gasteiger partial charge in [-0.05, 0) is 66.7 Å². The molecule has 34 heavy (non-hydrogen) atoms. The summed E-state index contributed by atoms with van der Waals surface area (Å²) >= 11 is 1.23. The topological polar surface area (TPSA) is 135 Å². The van der Waals surface area contributed by atoms with Crippen LogP contribution in [-0.2, 0) is 10.0 Å². The van der Waals surface area contributed by atoms with Crippen molar-refractivity contribution < 1.29 is 17.9 Å². The molecule has 2 N–H and O–H groups in total. The average Bonchev–Trinajstić information content (AvgIpc) is 3.40. The van der Waals surface area contributed by atoms with Crippen LogP contribution in [0.3, 0.4) is 0 Å². The van der Waals surface area contributed by atoms with Crippen LogP contribution in [0.25, 0.3) is 11.4 Å². The number of nitrogens with two attached hydrogens (primary N) is 1. The number of tetrazole rings is 1. The number of carbonyl (C=O) groups excluding carboxylic acids is 1. The molecule has 0 fully saturated rings. The first-order chi connectivity index (χ1) is 16.2. The van der Waals surface area contributed by atoms with Crippen molar-refractivity contribution >= 4 is 27.6 Å². The molecule has 0 aliphatic rings. The van der Waals surface area contributed by atoms with Gasteiger partial charge in [0.05, 0.1) is 17.8 Å². The highest BCUT2D eigenvalue weighted by Crippen LogP contribution is 2.27. The van der Waals surface area contributed by atoms with Gasteiger partial charge in [-0.1, -0.05) is 23.9 Å². The third-order valence-electron chi connectivity index (χ3n) is 5.24. The van der Waals surface area contributed by atoms with Crippen LogP contribution in [0.2, 0.25) is 0 Å². The van der Waals surface area contributed by atoms with E-state index in [0.717, 1.165) is 17.1 Å². The van der Waals surface area contributed by atoms with Crippen molar-refractivity contribution in [3.8, 4) is 17.1 Å². The van der Waals surface area contributed by atoms with Crippen molar-refractivity contribution in [2.24, 2.45) is 5.14 Å². The fraction of sp³-hybridized carbons (Fsp3) is 0.182. The second kappa shape index (κ2) is 9.41. The highest BCUT2D eigenvalue weighted by molar-refractivity contribution is 7.99. The van der Waals surface area contributed by atoms with Gasteiger partial charge in [-0.25, -0.2) is 13.6 Å². The number of primary sulfonamides is 1.